The molecule has 0 spiro atoms. The van der Waals surface area contributed by atoms with Gasteiger partial charge in [-0.25, -0.2) is 9.18 Å². The molecule has 0 amide bonds. The van der Waals surface area contributed by atoms with Crippen LogP contribution in [0.1, 0.15) is 17.3 Å². The lowest BCUT2D eigenvalue weighted by atomic mass is 10.1. The van der Waals surface area contributed by atoms with E-state index in [2.05, 4.69) is 4.98 Å². The van der Waals surface area contributed by atoms with Gasteiger partial charge in [-0.1, -0.05) is 23.7 Å². The zero-order chi connectivity index (χ0) is 12.4. The molecule has 88 valence electrons. The second-order valence-electron chi connectivity index (χ2n) is 3.34. The van der Waals surface area contributed by atoms with Gasteiger partial charge in [0, 0.05) is 11.6 Å². The van der Waals surface area contributed by atoms with Crippen LogP contribution in [0.4, 0.5) is 4.39 Å². The maximum absolute atomic E-state index is 13.4. The number of fused-ring (bicyclic) bond motifs is 1. The van der Waals surface area contributed by atoms with E-state index in [4.69, 9.17) is 16.3 Å². The van der Waals surface area contributed by atoms with E-state index in [-0.39, 0.29) is 22.7 Å². The molecule has 0 aliphatic carbocycles. The van der Waals surface area contributed by atoms with E-state index < -0.39 is 11.8 Å². The standard InChI is InChI=1S/C12H9ClFNO2/c1-2-17-12(16)8-6-15-11-7(10(8)13)4-3-5-9(11)14/h3-6H,2H2,1H3. The van der Waals surface area contributed by atoms with Gasteiger partial charge in [0.15, 0.2) is 0 Å². The highest BCUT2D eigenvalue weighted by atomic mass is 35.5. The molecule has 3 nitrogen and oxygen atoms in total. The minimum Gasteiger partial charge on any atom is -0.462 e. The SMILES string of the molecule is CCOC(=O)c1cnc2c(F)cccc2c1Cl. The minimum atomic E-state index is -0.559. The summed E-state index contributed by atoms with van der Waals surface area (Å²) in [7, 11) is 0. The fourth-order valence-corrected chi connectivity index (χ4v) is 1.78. The molecule has 0 N–H and O–H groups in total. The summed E-state index contributed by atoms with van der Waals surface area (Å²) >= 11 is 6.04. The maximum atomic E-state index is 13.4. The molecule has 0 radical (unpaired) electrons. The Morgan fingerprint density at radius 1 is 1.53 bits per heavy atom. The van der Waals surface area contributed by atoms with Crippen molar-refractivity contribution in [1.29, 1.82) is 0 Å². The quantitative estimate of drug-likeness (QED) is 0.772. The van der Waals surface area contributed by atoms with Crippen molar-refractivity contribution in [2.45, 2.75) is 6.92 Å². The molecule has 17 heavy (non-hydrogen) atoms. The number of carbonyl (C=O) groups excluding carboxylic acids is 1. The lowest BCUT2D eigenvalue weighted by molar-refractivity contribution is 0.0526. The number of pyridine rings is 1. The topological polar surface area (TPSA) is 39.2 Å². The summed E-state index contributed by atoms with van der Waals surface area (Å²) in [6.45, 7) is 1.94. The maximum Gasteiger partial charge on any atom is 0.341 e. The molecule has 0 aliphatic heterocycles. The van der Waals surface area contributed by atoms with Crippen LogP contribution in [0.3, 0.4) is 0 Å². The number of rotatable bonds is 2. The Morgan fingerprint density at radius 2 is 2.29 bits per heavy atom. The number of carbonyl (C=O) groups is 1. The average Bonchev–Trinajstić information content (AvgIpc) is 2.31. The van der Waals surface area contributed by atoms with Crippen LogP contribution in [-0.2, 0) is 4.74 Å². The molecule has 0 bridgehead atoms. The molecule has 1 aromatic carbocycles. The first-order chi connectivity index (χ1) is 8.15. The lowest BCUT2D eigenvalue weighted by Crippen LogP contribution is -2.06. The van der Waals surface area contributed by atoms with Gasteiger partial charge in [-0.05, 0) is 13.0 Å². The van der Waals surface area contributed by atoms with Crippen molar-refractivity contribution in [1.82, 2.24) is 4.98 Å². The third-order valence-electron chi connectivity index (χ3n) is 2.28. The molecular formula is C12H9ClFNO2. The van der Waals surface area contributed by atoms with Crippen molar-refractivity contribution in [3.05, 3.63) is 40.8 Å². The van der Waals surface area contributed by atoms with Crippen molar-refractivity contribution >= 4 is 28.5 Å². The first kappa shape index (κ1) is 11.8. The van der Waals surface area contributed by atoms with Gasteiger partial charge in [0.05, 0.1) is 17.2 Å². The second kappa shape index (κ2) is 4.67. The zero-order valence-electron chi connectivity index (χ0n) is 9.04. The number of nitrogens with zero attached hydrogens (tertiary/aromatic N) is 1. The van der Waals surface area contributed by atoms with Crippen molar-refractivity contribution in [2.24, 2.45) is 0 Å². The van der Waals surface area contributed by atoms with Crippen LogP contribution in [-0.4, -0.2) is 17.6 Å². The summed E-state index contributed by atoms with van der Waals surface area (Å²) in [6.07, 6.45) is 1.23. The number of ether oxygens (including phenoxy) is 1. The second-order valence-corrected chi connectivity index (χ2v) is 3.72. The molecule has 2 aromatic rings. The molecule has 1 aromatic heterocycles. The summed E-state index contributed by atoms with van der Waals surface area (Å²) in [5.74, 6) is -1.03. The molecule has 0 atom stereocenters. The minimum absolute atomic E-state index is 0.144. The largest absolute Gasteiger partial charge is 0.462 e. The van der Waals surface area contributed by atoms with Gasteiger partial charge in [0.1, 0.15) is 11.3 Å². The van der Waals surface area contributed by atoms with Crippen LogP contribution in [0.2, 0.25) is 5.02 Å². The molecule has 0 saturated carbocycles. The van der Waals surface area contributed by atoms with Gasteiger partial charge >= 0.3 is 5.97 Å². The number of hydrogen-bond acceptors (Lipinski definition) is 3. The first-order valence-electron chi connectivity index (χ1n) is 5.05. The van der Waals surface area contributed by atoms with Crippen molar-refractivity contribution < 1.29 is 13.9 Å². The average molecular weight is 254 g/mol. The smallest absolute Gasteiger partial charge is 0.341 e. The normalized spacial score (nSPS) is 10.5. The first-order valence-corrected chi connectivity index (χ1v) is 5.42. The van der Waals surface area contributed by atoms with E-state index in [1.165, 1.54) is 18.3 Å². The third-order valence-corrected chi connectivity index (χ3v) is 2.69. The van der Waals surface area contributed by atoms with Crippen LogP contribution in [0.15, 0.2) is 24.4 Å². The van der Waals surface area contributed by atoms with E-state index in [9.17, 15) is 9.18 Å². The molecule has 0 fully saturated rings. The summed E-state index contributed by atoms with van der Waals surface area (Å²) in [4.78, 5) is 15.4. The fourth-order valence-electron chi connectivity index (χ4n) is 1.51. The molecule has 0 aliphatic rings. The zero-order valence-corrected chi connectivity index (χ0v) is 9.79. The predicted octanol–water partition coefficient (Wildman–Crippen LogP) is 3.20. The van der Waals surface area contributed by atoms with Crippen LogP contribution >= 0.6 is 11.6 Å². The van der Waals surface area contributed by atoms with Crippen LogP contribution in [0.25, 0.3) is 10.9 Å². The van der Waals surface area contributed by atoms with Gasteiger partial charge in [0.25, 0.3) is 0 Å². The molecule has 0 unspecified atom stereocenters. The summed E-state index contributed by atoms with van der Waals surface area (Å²) in [6, 6.07) is 4.41. The van der Waals surface area contributed by atoms with Gasteiger partial charge in [0.2, 0.25) is 0 Å². The number of esters is 1. The molecule has 1 heterocycles. The predicted molar refractivity (Wildman–Crippen MR) is 62.7 cm³/mol. The van der Waals surface area contributed by atoms with E-state index in [0.717, 1.165) is 0 Å². The van der Waals surface area contributed by atoms with E-state index in [0.29, 0.717) is 5.39 Å². The molecular weight excluding hydrogens is 245 g/mol. The Hall–Kier alpha value is -1.68. The highest BCUT2D eigenvalue weighted by molar-refractivity contribution is 6.38. The summed E-state index contributed by atoms with van der Waals surface area (Å²) in [5, 5.41) is 0.560. The number of hydrogen-bond donors (Lipinski definition) is 0. The third kappa shape index (κ3) is 2.08. The van der Waals surface area contributed by atoms with Gasteiger partial charge in [-0.2, -0.15) is 0 Å². The molecule has 5 heteroatoms. The monoisotopic (exact) mass is 253 g/mol. The Balaban J connectivity index is 2.62. The van der Waals surface area contributed by atoms with Crippen molar-refractivity contribution in [3.63, 3.8) is 0 Å². The number of aromatic nitrogens is 1. The molecule has 2 rings (SSSR count). The Labute approximate surface area is 102 Å². The highest BCUT2D eigenvalue weighted by Gasteiger charge is 2.16. The van der Waals surface area contributed by atoms with E-state index >= 15 is 0 Å². The van der Waals surface area contributed by atoms with E-state index in [1.54, 1.807) is 13.0 Å². The number of halogens is 2. The number of para-hydroxylation sites is 1. The van der Waals surface area contributed by atoms with Gasteiger partial charge in [-0.3, -0.25) is 4.98 Å². The lowest BCUT2D eigenvalue weighted by Gasteiger charge is -2.06. The Bertz CT molecular complexity index is 586. The Kier molecular flexibility index (Phi) is 3.24. The Morgan fingerprint density at radius 3 is 3.00 bits per heavy atom. The van der Waals surface area contributed by atoms with Crippen molar-refractivity contribution in [3.8, 4) is 0 Å². The number of benzene rings is 1. The van der Waals surface area contributed by atoms with Gasteiger partial charge in [-0.15, -0.1) is 0 Å². The van der Waals surface area contributed by atoms with Crippen LogP contribution in [0, 0.1) is 5.82 Å². The fraction of sp³-hybridized carbons (Fsp3) is 0.167. The van der Waals surface area contributed by atoms with Crippen molar-refractivity contribution in [2.75, 3.05) is 6.61 Å². The summed E-state index contributed by atoms with van der Waals surface area (Å²) < 4.78 is 18.2. The summed E-state index contributed by atoms with van der Waals surface area (Å²) in [5.41, 5.74) is 0.289. The van der Waals surface area contributed by atoms with Crippen LogP contribution < -0.4 is 0 Å². The van der Waals surface area contributed by atoms with Crippen LogP contribution in [0.5, 0.6) is 0 Å². The van der Waals surface area contributed by atoms with Gasteiger partial charge < -0.3 is 4.74 Å². The molecule has 0 saturated heterocycles. The highest BCUT2D eigenvalue weighted by Crippen LogP contribution is 2.27. The van der Waals surface area contributed by atoms with E-state index in [1.807, 2.05) is 0 Å².